The lowest BCUT2D eigenvalue weighted by molar-refractivity contribution is -0.119. The summed E-state index contributed by atoms with van der Waals surface area (Å²) in [6, 6.07) is 10.1. The monoisotopic (exact) mass is 246 g/mol. The molecule has 98 valence electrons. The fourth-order valence-electron chi connectivity index (χ4n) is 1.84. The zero-order chi connectivity index (χ0) is 13.4. The molecule has 1 aromatic rings. The molecule has 0 unspecified atom stereocenters. The van der Waals surface area contributed by atoms with Gasteiger partial charge in [-0.1, -0.05) is 56.3 Å². The van der Waals surface area contributed by atoms with Crippen molar-refractivity contribution < 1.29 is 4.79 Å². The predicted octanol–water partition coefficient (Wildman–Crippen LogP) is 2.14. The lowest BCUT2D eigenvalue weighted by Crippen LogP contribution is -2.36. The second kappa shape index (κ2) is 7.67. The summed E-state index contributed by atoms with van der Waals surface area (Å²) >= 11 is 0. The molecular formula is C15H22N2O. The first-order valence-corrected chi connectivity index (χ1v) is 6.30. The molecule has 0 fully saturated rings. The molecule has 0 bridgehead atoms. The molecule has 3 heteroatoms. The molecule has 2 N–H and O–H groups in total. The highest BCUT2D eigenvalue weighted by Gasteiger charge is 2.08. The van der Waals surface area contributed by atoms with Gasteiger partial charge in [0, 0.05) is 13.1 Å². The Morgan fingerprint density at radius 1 is 1.33 bits per heavy atom. The minimum absolute atomic E-state index is 0.274. The molecule has 0 heterocycles. The quantitative estimate of drug-likeness (QED) is 0.801. The topological polar surface area (TPSA) is 46.3 Å². The first-order chi connectivity index (χ1) is 8.58. The first-order valence-electron chi connectivity index (χ1n) is 6.30. The maximum atomic E-state index is 11.0. The van der Waals surface area contributed by atoms with E-state index in [-0.39, 0.29) is 5.91 Å². The van der Waals surface area contributed by atoms with E-state index >= 15 is 0 Å². The van der Waals surface area contributed by atoms with Crippen molar-refractivity contribution in [1.82, 2.24) is 4.90 Å². The van der Waals surface area contributed by atoms with Crippen LogP contribution in [0.4, 0.5) is 0 Å². The summed E-state index contributed by atoms with van der Waals surface area (Å²) in [5.41, 5.74) is 6.41. The van der Waals surface area contributed by atoms with Crippen LogP contribution in [0.5, 0.6) is 0 Å². The maximum absolute atomic E-state index is 11.0. The van der Waals surface area contributed by atoms with Crippen LogP contribution < -0.4 is 5.73 Å². The number of amides is 1. The highest BCUT2D eigenvalue weighted by atomic mass is 16.1. The molecule has 0 spiro atoms. The SMILES string of the molecule is CC(C)CN(C/C=C/c1ccccc1)CC(N)=O. The van der Waals surface area contributed by atoms with Gasteiger partial charge >= 0.3 is 0 Å². The van der Waals surface area contributed by atoms with E-state index in [1.807, 2.05) is 18.2 Å². The van der Waals surface area contributed by atoms with E-state index in [9.17, 15) is 4.79 Å². The largest absolute Gasteiger partial charge is 0.369 e. The fourth-order valence-corrected chi connectivity index (χ4v) is 1.84. The van der Waals surface area contributed by atoms with Gasteiger partial charge in [-0.25, -0.2) is 0 Å². The van der Waals surface area contributed by atoms with Crippen LogP contribution in [0.15, 0.2) is 36.4 Å². The van der Waals surface area contributed by atoms with E-state index in [4.69, 9.17) is 5.73 Å². The van der Waals surface area contributed by atoms with Gasteiger partial charge in [0.05, 0.1) is 6.54 Å². The average molecular weight is 246 g/mol. The Morgan fingerprint density at radius 3 is 2.56 bits per heavy atom. The summed E-state index contributed by atoms with van der Waals surface area (Å²) in [6.07, 6.45) is 4.13. The maximum Gasteiger partial charge on any atom is 0.231 e. The van der Waals surface area contributed by atoms with Crippen LogP contribution in [-0.4, -0.2) is 30.4 Å². The second-order valence-electron chi connectivity index (χ2n) is 4.87. The third kappa shape index (κ3) is 6.21. The number of rotatable bonds is 7. The predicted molar refractivity (Wildman–Crippen MR) is 75.9 cm³/mol. The van der Waals surface area contributed by atoms with Gasteiger partial charge in [0.25, 0.3) is 0 Å². The van der Waals surface area contributed by atoms with Crippen LogP contribution in [0.1, 0.15) is 19.4 Å². The summed E-state index contributed by atoms with van der Waals surface area (Å²) in [5, 5.41) is 0. The molecule has 1 rings (SSSR count). The number of primary amides is 1. The number of nitrogens with zero attached hydrogens (tertiary/aromatic N) is 1. The fraction of sp³-hybridized carbons (Fsp3) is 0.400. The van der Waals surface area contributed by atoms with Crippen LogP contribution in [0.3, 0.4) is 0 Å². The van der Waals surface area contributed by atoms with E-state index in [0.29, 0.717) is 12.5 Å². The zero-order valence-electron chi connectivity index (χ0n) is 11.2. The van der Waals surface area contributed by atoms with Gasteiger partial charge < -0.3 is 5.73 Å². The molecule has 0 atom stereocenters. The molecule has 1 aromatic carbocycles. The Kier molecular flexibility index (Phi) is 6.15. The Hall–Kier alpha value is -1.61. The summed E-state index contributed by atoms with van der Waals surface area (Å²) in [4.78, 5) is 13.0. The molecule has 0 aromatic heterocycles. The van der Waals surface area contributed by atoms with Crippen molar-refractivity contribution in [3.05, 3.63) is 42.0 Å². The number of benzene rings is 1. The van der Waals surface area contributed by atoms with Crippen molar-refractivity contribution in [2.45, 2.75) is 13.8 Å². The smallest absolute Gasteiger partial charge is 0.231 e. The van der Waals surface area contributed by atoms with Crippen molar-refractivity contribution in [2.75, 3.05) is 19.6 Å². The van der Waals surface area contributed by atoms with Crippen molar-refractivity contribution in [2.24, 2.45) is 11.7 Å². The van der Waals surface area contributed by atoms with Crippen LogP contribution in [0.2, 0.25) is 0 Å². The Morgan fingerprint density at radius 2 is 2.00 bits per heavy atom. The van der Waals surface area contributed by atoms with E-state index < -0.39 is 0 Å². The van der Waals surface area contributed by atoms with E-state index in [1.54, 1.807) is 0 Å². The molecule has 0 aliphatic heterocycles. The zero-order valence-corrected chi connectivity index (χ0v) is 11.2. The average Bonchev–Trinajstić information content (AvgIpc) is 2.28. The lowest BCUT2D eigenvalue weighted by atomic mass is 10.2. The molecular weight excluding hydrogens is 224 g/mol. The Bertz CT molecular complexity index is 385. The normalized spacial score (nSPS) is 11.6. The molecule has 0 aliphatic carbocycles. The van der Waals surface area contributed by atoms with Gasteiger partial charge in [-0.05, 0) is 11.5 Å². The van der Waals surface area contributed by atoms with Gasteiger partial charge in [0.15, 0.2) is 0 Å². The molecule has 0 aliphatic rings. The highest BCUT2D eigenvalue weighted by Crippen LogP contribution is 2.03. The lowest BCUT2D eigenvalue weighted by Gasteiger charge is -2.20. The number of nitrogens with two attached hydrogens (primary N) is 1. The number of carbonyl (C=O) groups excluding carboxylic acids is 1. The third-order valence-electron chi connectivity index (χ3n) is 2.48. The number of hydrogen-bond acceptors (Lipinski definition) is 2. The minimum Gasteiger partial charge on any atom is -0.369 e. The van der Waals surface area contributed by atoms with Crippen LogP contribution in [-0.2, 0) is 4.79 Å². The van der Waals surface area contributed by atoms with Crippen molar-refractivity contribution in [1.29, 1.82) is 0 Å². The first kappa shape index (κ1) is 14.5. The summed E-state index contributed by atoms with van der Waals surface area (Å²) in [5.74, 6) is 0.248. The third-order valence-corrected chi connectivity index (χ3v) is 2.48. The van der Waals surface area contributed by atoms with E-state index in [0.717, 1.165) is 13.1 Å². The molecule has 1 amide bonds. The van der Waals surface area contributed by atoms with E-state index in [1.165, 1.54) is 5.56 Å². The van der Waals surface area contributed by atoms with Gasteiger partial charge in [0.1, 0.15) is 0 Å². The summed E-state index contributed by atoms with van der Waals surface area (Å²) in [6.45, 7) is 6.21. The molecule has 0 radical (unpaired) electrons. The van der Waals surface area contributed by atoms with Crippen molar-refractivity contribution in [3.8, 4) is 0 Å². The molecule has 3 nitrogen and oxygen atoms in total. The number of carbonyl (C=O) groups is 1. The van der Waals surface area contributed by atoms with Crippen LogP contribution in [0.25, 0.3) is 6.08 Å². The summed E-state index contributed by atoms with van der Waals surface area (Å²) in [7, 11) is 0. The van der Waals surface area contributed by atoms with E-state index in [2.05, 4.69) is 43.0 Å². The number of hydrogen-bond donors (Lipinski definition) is 1. The van der Waals surface area contributed by atoms with Crippen LogP contribution >= 0.6 is 0 Å². The van der Waals surface area contributed by atoms with Crippen molar-refractivity contribution >= 4 is 12.0 Å². The molecule has 18 heavy (non-hydrogen) atoms. The van der Waals surface area contributed by atoms with Gasteiger partial charge in [0.2, 0.25) is 5.91 Å². The molecule has 0 saturated heterocycles. The molecule has 0 saturated carbocycles. The Labute approximate surface area is 109 Å². The second-order valence-corrected chi connectivity index (χ2v) is 4.87. The highest BCUT2D eigenvalue weighted by molar-refractivity contribution is 5.75. The van der Waals surface area contributed by atoms with Gasteiger partial charge in [-0.3, -0.25) is 9.69 Å². The van der Waals surface area contributed by atoms with Crippen LogP contribution in [0, 0.1) is 5.92 Å². The van der Waals surface area contributed by atoms with Crippen molar-refractivity contribution in [3.63, 3.8) is 0 Å². The van der Waals surface area contributed by atoms with Gasteiger partial charge in [-0.15, -0.1) is 0 Å². The Balaban J connectivity index is 2.50. The van der Waals surface area contributed by atoms with Gasteiger partial charge in [-0.2, -0.15) is 0 Å². The minimum atomic E-state index is -0.274. The standard InChI is InChI=1S/C15H22N2O/c1-13(2)11-17(12-15(16)18)10-6-9-14-7-4-3-5-8-14/h3-9,13H,10-12H2,1-2H3,(H2,16,18)/b9-6+. The summed E-state index contributed by atoms with van der Waals surface area (Å²) < 4.78 is 0.